The molecule has 2 amide bonds. The molecule has 2 rings (SSSR count). The first-order chi connectivity index (χ1) is 10.5. The van der Waals surface area contributed by atoms with E-state index in [4.69, 9.17) is 4.52 Å². The first kappa shape index (κ1) is 16.0. The molecule has 1 heterocycles. The number of aryl methyl sites for hydroxylation is 2. The molecule has 1 aromatic heterocycles. The number of benzene rings is 1. The fraction of sp³-hybridized carbons (Fsp3) is 0.333. The number of anilines is 1. The van der Waals surface area contributed by atoms with E-state index < -0.39 is 12.1 Å². The van der Waals surface area contributed by atoms with Crippen LogP contribution in [0.15, 0.2) is 28.8 Å². The minimum Gasteiger partial charge on any atom is -0.387 e. The number of urea groups is 1. The van der Waals surface area contributed by atoms with E-state index in [1.54, 1.807) is 6.92 Å². The van der Waals surface area contributed by atoms with Crippen molar-refractivity contribution in [1.82, 2.24) is 10.5 Å². The average Bonchev–Trinajstić information content (AvgIpc) is 2.86. The average molecular weight is 307 g/mol. The van der Waals surface area contributed by atoms with Crippen LogP contribution in [0.25, 0.3) is 0 Å². The third kappa shape index (κ3) is 3.82. The Balaban J connectivity index is 1.90. The summed E-state index contributed by atoms with van der Waals surface area (Å²) in [6.07, 6.45) is -0.310. The van der Waals surface area contributed by atoms with Crippen LogP contribution in [0.2, 0.25) is 0 Å². The second kappa shape index (κ2) is 7.04. The van der Waals surface area contributed by atoms with Crippen LogP contribution < -0.4 is 10.6 Å². The molecule has 7 heteroatoms. The molecule has 6 nitrogen and oxygen atoms in total. The molecule has 0 bridgehead atoms. The minimum absolute atomic E-state index is 0.00323. The second-order valence-corrected chi connectivity index (χ2v) is 4.82. The third-order valence-electron chi connectivity index (χ3n) is 3.20. The largest absolute Gasteiger partial charge is 0.387 e. The first-order valence-electron chi connectivity index (χ1n) is 6.94. The summed E-state index contributed by atoms with van der Waals surface area (Å²) in [7, 11) is 0. The van der Waals surface area contributed by atoms with Crippen LogP contribution in [-0.2, 0) is 6.42 Å². The molecule has 1 unspecified atom stereocenters. The van der Waals surface area contributed by atoms with Gasteiger partial charge in [0.1, 0.15) is 17.2 Å². The van der Waals surface area contributed by atoms with Gasteiger partial charge in [-0.2, -0.15) is 0 Å². The molecule has 0 fully saturated rings. The molecule has 0 spiro atoms. The number of hydrogen-bond acceptors (Lipinski definition) is 4. The Labute approximate surface area is 127 Å². The Bertz CT molecular complexity index is 640. The second-order valence-electron chi connectivity index (χ2n) is 4.82. The molecule has 3 N–H and O–H groups in total. The molecule has 2 aromatic rings. The van der Waals surface area contributed by atoms with Crippen LogP contribution in [0.5, 0.6) is 0 Å². The lowest BCUT2D eigenvalue weighted by molar-refractivity contribution is 0.175. The van der Waals surface area contributed by atoms with Gasteiger partial charge in [0.15, 0.2) is 5.76 Å². The molecule has 0 aliphatic heterocycles. The van der Waals surface area contributed by atoms with Gasteiger partial charge in [-0.25, -0.2) is 9.18 Å². The predicted molar refractivity (Wildman–Crippen MR) is 79.0 cm³/mol. The van der Waals surface area contributed by atoms with Crippen molar-refractivity contribution >= 4 is 11.7 Å². The number of rotatable bonds is 5. The van der Waals surface area contributed by atoms with Crippen molar-refractivity contribution in [3.05, 3.63) is 47.1 Å². The Morgan fingerprint density at radius 3 is 2.73 bits per heavy atom. The van der Waals surface area contributed by atoms with E-state index in [2.05, 4.69) is 15.8 Å². The molecule has 118 valence electrons. The van der Waals surface area contributed by atoms with E-state index in [1.807, 2.05) is 6.92 Å². The zero-order valence-electron chi connectivity index (χ0n) is 12.4. The summed E-state index contributed by atoms with van der Waals surface area (Å²) in [6, 6.07) is 4.99. The molecule has 22 heavy (non-hydrogen) atoms. The number of nitrogens with one attached hydrogen (secondary N) is 2. The van der Waals surface area contributed by atoms with Crippen molar-refractivity contribution in [1.29, 1.82) is 0 Å². The fourth-order valence-corrected chi connectivity index (χ4v) is 1.97. The number of hydrogen-bond donors (Lipinski definition) is 3. The monoisotopic (exact) mass is 307 g/mol. The Kier molecular flexibility index (Phi) is 5.11. The zero-order valence-corrected chi connectivity index (χ0v) is 12.4. The first-order valence-corrected chi connectivity index (χ1v) is 6.94. The summed E-state index contributed by atoms with van der Waals surface area (Å²) in [5.74, 6) is 0.211. The number of nitrogens with zero attached hydrogens (tertiary/aromatic N) is 1. The fourth-order valence-electron chi connectivity index (χ4n) is 1.97. The van der Waals surface area contributed by atoms with Crippen molar-refractivity contribution in [2.75, 3.05) is 11.9 Å². The summed E-state index contributed by atoms with van der Waals surface area (Å²) < 4.78 is 17.9. The maximum absolute atomic E-state index is 12.8. The molecule has 0 aliphatic rings. The van der Waals surface area contributed by atoms with Gasteiger partial charge in [-0.1, -0.05) is 24.2 Å². The summed E-state index contributed by atoms with van der Waals surface area (Å²) in [5, 5.41) is 18.9. The molecule has 1 aromatic carbocycles. The van der Waals surface area contributed by atoms with Gasteiger partial charge in [0.05, 0.1) is 6.10 Å². The van der Waals surface area contributed by atoms with Gasteiger partial charge in [-0.3, -0.25) is 0 Å². The predicted octanol–water partition coefficient (Wildman–Crippen LogP) is 2.54. The van der Waals surface area contributed by atoms with Crippen LogP contribution in [0.3, 0.4) is 0 Å². The SMILES string of the molecule is CCc1onc(C)c1NC(=O)NCC(O)c1ccc(F)cc1. The normalized spacial score (nSPS) is 12.0. The van der Waals surface area contributed by atoms with Gasteiger partial charge in [0.25, 0.3) is 0 Å². The standard InChI is InChI=1S/C15H18FN3O3/c1-3-13-14(9(2)19-22-13)18-15(21)17-8-12(20)10-4-6-11(16)7-5-10/h4-7,12,20H,3,8H2,1-2H3,(H2,17,18,21). The van der Waals surface area contributed by atoms with E-state index >= 15 is 0 Å². The highest BCUT2D eigenvalue weighted by atomic mass is 19.1. The van der Waals surface area contributed by atoms with Crippen LogP contribution in [0.1, 0.15) is 30.0 Å². The van der Waals surface area contributed by atoms with Gasteiger partial charge in [-0.05, 0) is 24.6 Å². The van der Waals surface area contributed by atoms with E-state index in [1.165, 1.54) is 24.3 Å². The smallest absolute Gasteiger partial charge is 0.319 e. The summed E-state index contributed by atoms with van der Waals surface area (Å²) in [4.78, 5) is 11.9. The number of amides is 2. The number of carbonyl (C=O) groups is 1. The van der Waals surface area contributed by atoms with E-state index in [9.17, 15) is 14.3 Å². The van der Waals surface area contributed by atoms with E-state index in [-0.39, 0.29) is 12.4 Å². The van der Waals surface area contributed by atoms with Crippen molar-refractivity contribution in [3.8, 4) is 0 Å². The van der Waals surface area contributed by atoms with Crippen molar-refractivity contribution in [2.45, 2.75) is 26.4 Å². The van der Waals surface area contributed by atoms with E-state index in [0.29, 0.717) is 29.1 Å². The molecule has 0 aliphatic carbocycles. The van der Waals surface area contributed by atoms with Gasteiger partial charge in [-0.15, -0.1) is 0 Å². The van der Waals surface area contributed by atoms with Gasteiger partial charge < -0.3 is 20.3 Å². The van der Waals surface area contributed by atoms with Crippen LogP contribution >= 0.6 is 0 Å². The van der Waals surface area contributed by atoms with Crippen molar-refractivity contribution in [2.24, 2.45) is 0 Å². The highest BCUT2D eigenvalue weighted by Gasteiger charge is 2.15. The highest BCUT2D eigenvalue weighted by Crippen LogP contribution is 2.20. The minimum atomic E-state index is -0.916. The molecule has 0 radical (unpaired) electrons. The zero-order chi connectivity index (χ0) is 16.1. The maximum Gasteiger partial charge on any atom is 0.319 e. The summed E-state index contributed by atoms with van der Waals surface area (Å²) in [6.45, 7) is 3.62. The Morgan fingerprint density at radius 2 is 2.09 bits per heavy atom. The van der Waals surface area contributed by atoms with Crippen molar-refractivity contribution < 1.29 is 18.8 Å². The number of halogens is 1. The van der Waals surface area contributed by atoms with Gasteiger partial charge in [0, 0.05) is 13.0 Å². The van der Waals surface area contributed by atoms with Gasteiger partial charge >= 0.3 is 6.03 Å². The third-order valence-corrected chi connectivity index (χ3v) is 3.20. The van der Waals surface area contributed by atoms with Crippen LogP contribution in [0.4, 0.5) is 14.9 Å². The lowest BCUT2D eigenvalue weighted by atomic mass is 10.1. The topological polar surface area (TPSA) is 87.4 Å². The molecule has 0 saturated heterocycles. The summed E-state index contributed by atoms with van der Waals surface area (Å²) >= 11 is 0. The van der Waals surface area contributed by atoms with Gasteiger partial charge in [0.2, 0.25) is 0 Å². The lowest BCUT2D eigenvalue weighted by Crippen LogP contribution is -2.32. The van der Waals surface area contributed by atoms with Crippen LogP contribution in [-0.4, -0.2) is 22.8 Å². The maximum atomic E-state index is 12.8. The molecule has 0 saturated carbocycles. The number of aliphatic hydroxyl groups excluding tert-OH is 1. The number of aliphatic hydroxyl groups is 1. The molecule has 1 atom stereocenters. The number of aromatic nitrogens is 1. The quantitative estimate of drug-likeness (QED) is 0.792. The number of carbonyl (C=O) groups excluding carboxylic acids is 1. The Morgan fingerprint density at radius 1 is 1.41 bits per heavy atom. The lowest BCUT2D eigenvalue weighted by Gasteiger charge is -2.13. The van der Waals surface area contributed by atoms with Crippen LogP contribution in [0, 0.1) is 12.7 Å². The Hall–Kier alpha value is -2.41. The summed E-state index contributed by atoms with van der Waals surface area (Å²) in [5.41, 5.74) is 1.65. The van der Waals surface area contributed by atoms with E-state index in [0.717, 1.165) is 0 Å². The molecular weight excluding hydrogens is 289 g/mol. The molecular formula is C15H18FN3O3. The highest BCUT2D eigenvalue weighted by molar-refractivity contribution is 5.90. The van der Waals surface area contributed by atoms with Crippen molar-refractivity contribution in [3.63, 3.8) is 0 Å².